The highest BCUT2D eigenvalue weighted by Gasteiger charge is 2.11. The van der Waals surface area contributed by atoms with Crippen LogP contribution in [0.15, 0.2) is 23.1 Å². The first-order valence-electron chi connectivity index (χ1n) is 4.35. The van der Waals surface area contributed by atoms with E-state index < -0.39 is 6.10 Å². The molecule has 2 nitrogen and oxygen atoms in total. The maximum atomic E-state index is 9.82. The number of nitrogens with one attached hydrogen (secondary N) is 1. The van der Waals surface area contributed by atoms with Gasteiger partial charge in [-0.25, -0.2) is 0 Å². The molecule has 4 heteroatoms. The van der Waals surface area contributed by atoms with Gasteiger partial charge in [-0.15, -0.1) is 11.8 Å². The van der Waals surface area contributed by atoms with Gasteiger partial charge in [0.15, 0.2) is 0 Å². The molecule has 0 fully saturated rings. The molecule has 0 saturated heterocycles. The minimum Gasteiger partial charge on any atom is -0.387 e. The lowest BCUT2D eigenvalue weighted by Gasteiger charge is -2.14. The topological polar surface area (TPSA) is 32.3 Å². The highest BCUT2D eigenvalue weighted by atomic mass is 35.5. The van der Waals surface area contributed by atoms with Crippen LogP contribution in [-0.4, -0.2) is 25.0 Å². The molecule has 1 unspecified atom stereocenters. The Labute approximate surface area is 93.7 Å². The number of rotatable bonds is 4. The molecule has 14 heavy (non-hydrogen) atoms. The standard InChI is InChI=1S/C10H14ClNOS/c1-12-6-9(13)8-5-7(11)3-4-10(8)14-2/h3-5,9,12-13H,6H2,1-2H3. The Hall–Kier alpha value is -0.220. The Balaban J connectivity index is 2.97. The van der Waals surface area contributed by atoms with Gasteiger partial charge in [0.2, 0.25) is 0 Å². The van der Waals surface area contributed by atoms with E-state index >= 15 is 0 Å². The van der Waals surface area contributed by atoms with Crippen molar-refractivity contribution in [1.82, 2.24) is 5.32 Å². The van der Waals surface area contributed by atoms with Gasteiger partial charge < -0.3 is 10.4 Å². The number of hydrogen-bond acceptors (Lipinski definition) is 3. The molecule has 0 spiro atoms. The molecule has 78 valence electrons. The van der Waals surface area contributed by atoms with Crippen molar-refractivity contribution in [3.8, 4) is 0 Å². The Morgan fingerprint density at radius 2 is 2.29 bits per heavy atom. The average molecular weight is 232 g/mol. The minimum atomic E-state index is -0.499. The molecule has 1 aromatic rings. The molecule has 0 bridgehead atoms. The SMILES string of the molecule is CNCC(O)c1cc(Cl)ccc1SC. The average Bonchev–Trinajstić information content (AvgIpc) is 2.18. The van der Waals surface area contributed by atoms with E-state index in [-0.39, 0.29) is 0 Å². The lowest BCUT2D eigenvalue weighted by Crippen LogP contribution is -2.17. The summed E-state index contributed by atoms with van der Waals surface area (Å²) in [5.41, 5.74) is 0.888. The van der Waals surface area contributed by atoms with E-state index in [1.165, 1.54) is 0 Å². The molecule has 0 amide bonds. The summed E-state index contributed by atoms with van der Waals surface area (Å²) in [6.07, 6.45) is 1.49. The fourth-order valence-electron chi connectivity index (χ4n) is 1.27. The summed E-state index contributed by atoms with van der Waals surface area (Å²) in [7, 11) is 1.81. The van der Waals surface area contributed by atoms with Gasteiger partial charge in [-0.05, 0) is 37.1 Å². The van der Waals surface area contributed by atoms with Crippen molar-refractivity contribution in [1.29, 1.82) is 0 Å². The van der Waals surface area contributed by atoms with Gasteiger partial charge in [0, 0.05) is 16.5 Å². The first-order chi connectivity index (χ1) is 6.69. The summed E-state index contributed by atoms with van der Waals surface area (Å²) < 4.78 is 0. The summed E-state index contributed by atoms with van der Waals surface area (Å²) in [6, 6.07) is 5.58. The van der Waals surface area contributed by atoms with Crippen molar-refractivity contribution in [2.24, 2.45) is 0 Å². The molecule has 1 atom stereocenters. The van der Waals surface area contributed by atoms with Crippen LogP contribution in [0.3, 0.4) is 0 Å². The van der Waals surface area contributed by atoms with E-state index in [1.54, 1.807) is 11.8 Å². The second-order valence-electron chi connectivity index (χ2n) is 2.96. The number of hydrogen-bond donors (Lipinski definition) is 2. The molecule has 2 N–H and O–H groups in total. The first-order valence-corrected chi connectivity index (χ1v) is 5.95. The van der Waals surface area contributed by atoms with E-state index in [2.05, 4.69) is 5.32 Å². The van der Waals surface area contributed by atoms with Crippen LogP contribution in [-0.2, 0) is 0 Å². The lowest BCUT2D eigenvalue weighted by molar-refractivity contribution is 0.175. The van der Waals surface area contributed by atoms with Crippen LogP contribution in [0.1, 0.15) is 11.7 Å². The third-order valence-electron chi connectivity index (χ3n) is 1.95. The molecule has 0 aromatic heterocycles. The van der Waals surface area contributed by atoms with Crippen molar-refractivity contribution in [2.45, 2.75) is 11.0 Å². The number of aliphatic hydroxyl groups is 1. The van der Waals surface area contributed by atoms with E-state index in [9.17, 15) is 5.11 Å². The predicted octanol–water partition coefficient (Wildman–Crippen LogP) is 2.31. The van der Waals surface area contributed by atoms with Crippen LogP contribution >= 0.6 is 23.4 Å². The molecule has 1 rings (SSSR count). The van der Waals surface area contributed by atoms with Crippen molar-refractivity contribution in [3.63, 3.8) is 0 Å². The van der Waals surface area contributed by atoms with E-state index in [4.69, 9.17) is 11.6 Å². The third kappa shape index (κ3) is 2.89. The minimum absolute atomic E-state index is 0.499. The number of thioether (sulfide) groups is 1. The Morgan fingerprint density at radius 1 is 1.57 bits per heavy atom. The molecule has 1 aromatic carbocycles. The number of benzene rings is 1. The second-order valence-corrected chi connectivity index (χ2v) is 4.24. The maximum absolute atomic E-state index is 9.82. The fourth-order valence-corrected chi connectivity index (χ4v) is 2.08. The van der Waals surface area contributed by atoms with Gasteiger partial charge in [0.25, 0.3) is 0 Å². The zero-order chi connectivity index (χ0) is 10.6. The monoisotopic (exact) mass is 231 g/mol. The van der Waals surface area contributed by atoms with Gasteiger partial charge >= 0.3 is 0 Å². The first kappa shape index (κ1) is 11.9. The van der Waals surface area contributed by atoms with Crippen LogP contribution in [0, 0.1) is 0 Å². The fraction of sp³-hybridized carbons (Fsp3) is 0.400. The summed E-state index contributed by atoms with van der Waals surface area (Å²) >= 11 is 7.49. The summed E-state index contributed by atoms with van der Waals surface area (Å²) in [4.78, 5) is 1.07. The summed E-state index contributed by atoms with van der Waals surface area (Å²) in [5.74, 6) is 0. The predicted molar refractivity (Wildman–Crippen MR) is 62.1 cm³/mol. The van der Waals surface area contributed by atoms with E-state index in [0.29, 0.717) is 11.6 Å². The largest absolute Gasteiger partial charge is 0.387 e. The quantitative estimate of drug-likeness (QED) is 0.781. The summed E-state index contributed by atoms with van der Waals surface area (Å²) in [5, 5.41) is 13.4. The highest BCUT2D eigenvalue weighted by Crippen LogP contribution is 2.28. The zero-order valence-electron chi connectivity index (χ0n) is 8.25. The van der Waals surface area contributed by atoms with Crippen LogP contribution in [0.25, 0.3) is 0 Å². The van der Waals surface area contributed by atoms with Crippen LogP contribution in [0.2, 0.25) is 5.02 Å². The van der Waals surface area contributed by atoms with Crippen molar-refractivity contribution >= 4 is 23.4 Å². The molecule has 0 aliphatic carbocycles. The number of aliphatic hydroxyl groups excluding tert-OH is 1. The van der Waals surface area contributed by atoms with Crippen LogP contribution < -0.4 is 5.32 Å². The molecular formula is C10H14ClNOS. The molecule has 0 heterocycles. The molecular weight excluding hydrogens is 218 g/mol. The van der Waals surface area contributed by atoms with Crippen molar-refractivity contribution < 1.29 is 5.11 Å². The van der Waals surface area contributed by atoms with Crippen LogP contribution in [0.4, 0.5) is 0 Å². The molecule has 0 saturated carbocycles. The van der Waals surface area contributed by atoms with Gasteiger partial charge in [-0.2, -0.15) is 0 Å². The maximum Gasteiger partial charge on any atom is 0.0925 e. The van der Waals surface area contributed by atoms with E-state index in [1.807, 2.05) is 31.5 Å². The lowest BCUT2D eigenvalue weighted by atomic mass is 10.1. The van der Waals surface area contributed by atoms with Crippen molar-refractivity contribution in [2.75, 3.05) is 19.8 Å². The summed E-state index contributed by atoms with van der Waals surface area (Å²) in [6.45, 7) is 0.536. The highest BCUT2D eigenvalue weighted by molar-refractivity contribution is 7.98. The third-order valence-corrected chi connectivity index (χ3v) is 2.99. The van der Waals surface area contributed by atoms with Gasteiger partial charge in [-0.3, -0.25) is 0 Å². The van der Waals surface area contributed by atoms with Crippen molar-refractivity contribution in [3.05, 3.63) is 28.8 Å². The van der Waals surface area contributed by atoms with Gasteiger partial charge in [0.1, 0.15) is 0 Å². The Morgan fingerprint density at radius 3 is 2.86 bits per heavy atom. The smallest absolute Gasteiger partial charge is 0.0925 e. The second kappa shape index (κ2) is 5.61. The normalized spacial score (nSPS) is 12.9. The zero-order valence-corrected chi connectivity index (χ0v) is 9.82. The van der Waals surface area contributed by atoms with Gasteiger partial charge in [-0.1, -0.05) is 11.6 Å². The van der Waals surface area contributed by atoms with Crippen LogP contribution in [0.5, 0.6) is 0 Å². The molecule has 0 radical (unpaired) electrons. The molecule has 0 aliphatic rings. The Kier molecular flexibility index (Phi) is 4.75. The van der Waals surface area contributed by atoms with Gasteiger partial charge in [0.05, 0.1) is 6.10 Å². The Bertz CT molecular complexity index is 306. The number of likely N-dealkylation sites (N-methyl/N-ethyl adjacent to an activating group) is 1. The number of halogens is 1. The molecule has 0 aliphatic heterocycles. The van der Waals surface area contributed by atoms with E-state index in [0.717, 1.165) is 10.5 Å².